The summed E-state index contributed by atoms with van der Waals surface area (Å²) in [4.78, 5) is 11.8. The number of amides is 1. The van der Waals surface area contributed by atoms with Crippen molar-refractivity contribution in [3.8, 4) is 0 Å². The molecule has 0 bridgehead atoms. The monoisotopic (exact) mass is 263 g/mol. The Morgan fingerprint density at radius 3 is 2.79 bits per heavy atom. The minimum Gasteiger partial charge on any atom is -0.351 e. The number of H-pyrrole nitrogens is 1. The number of aromatic amines is 1. The summed E-state index contributed by atoms with van der Waals surface area (Å²) in [5, 5.41) is 10.4. The number of nitrogens with one attached hydrogen (secondary N) is 2. The third-order valence-corrected chi connectivity index (χ3v) is 3.10. The Morgan fingerprint density at radius 2 is 2.16 bits per heavy atom. The molecule has 0 unspecified atom stereocenters. The molecule has 2 N–H and O–H groups in total. The first-order valence-corrected chi connectivity index (χ1v) is 6.20. The van der Waals surface area contributed by atoms with Gasteiger partial charge in [-0.25, -0.2) is 4.39 Å². The highest BCUT2D eigenvalue weighted by molar-refractivity contribution is 5.86. The first kappa shape index (κ1) is 13.5. The lowest BCUT2D eigenvalue weighted by Gasteiger charge is -2.18. The maximum Gasteiger partial charge on any atom is 0.225 e. The average molecular weight is 263 g/mol. The van der Waals surface area contributed by atoms with Gasteiger partial charge in [-0.05, 0) is 18.6 Å². The quantitative estimate of drug-likeness (QED) is 0.875. The van der Waals surface area contributed by atoms with Gasteiger partial charge in [-0.1, -0.05) is 20.8 Å². The summed E-state index contributed by atoms with van der Waals surface area (Å²) in [5.74, 6) is -0.441. The van der Waals surface area contributed by atoms with E-state index in [9.17, 15) is 9.18 Å². The highest BCUT2D eigenvalue weighted by Crippen LogP contribution is 2.23. The number of fused-ring (bicyclic) bond motifs is 1. The Kier molecular flexibility index (Phi) is 3.30. The number of rotatable bonds is 2. The second-order valence-electron chi connectivity index (χ2n) is 5.75. The minimum atomic E-state index is -0.492. The molecule has 0 spiro atoms. The van der Waals surface area contributed by atoms with Crippen molar-refractivity contribution in [1.29, 1.82) is 0 Å². The fourth-order valence-electron chi connectivity index (χ4n) is 1.90. The lowest BCUT2D eigenvalue weighted by molar-refractivity contribution is -0.128. The predicted octanol–water partition coefficient (Wildman–Crippen LogP) is 2.67. The lowest BCUT2D eigenvalue weighted by Crippen LogP contribution is -2.34. The van der Waals surface area contributed by atoms with E-state index in [4.69, 9.17) is 0 Å². The smallest absolute Gasteiger partial charge is 0.225 e. The fraction of sp³-hybridized carbons (Fsp3) is 0.429. The average Bonchev–Trinajstić information content (AvgIpc) is 2.76. The number of aryl methyl sites for hydroxylation is 1. The highest BCUT2D eigenvalue weighted by Gasteiger charge is 2.21. The number of aromatic nitrogens is 2. The Bertz CT molecular complexity index is 625. The van der Waals surface area contributed by atoms with Gasteiger partial charge in [-0.3, -0.25) is 9.89 Å². The lowest BCUT2D eigenvalue weighted by atomic mass is 9.95. The van der Waals surface area contributed by atoms with Crippen LogP contribution in [-0.2, 0) is 11.3 Å². The Balaban J connectivity index is 2.31. The van der Waals surface area contributed by atoms with Gasteiger partial charge in [-0.2, -0.15) is 5.10 Å². The summed E-state index contributed by atoms with van der Waals surface area (Å²) in [7, 11) is 0. The molecule has 102 valence electrons. The number of benzene rings is 1. The van der Waals surface area contributed by atoms with Crippen molar-refractivity contribution in [2.24, 2.45) is 5.41 Å². The third-order valence-electron chi connectivity index (χ3n) is 3.10. The SMILES string of the molecule is Cc1cc(F)c(CNC(=O)C(C)(C)C)c2[nH]ncc12. The van der Waals surface area contributed by atoms with Crippen LogP contribution >= 0.6 is 0 Å². The molecule has 5 heteroatoms. The van der Waals surface area contributed by atoms with Crippen LogP contribution in [0.5, 0.6) is 0 Å². The minimum absolute atomic E-state index is 0.111. The maximum absolute atomic E-state index is 14.0. The largest absolute Gasteiger partial charge is 0.351 e. The second-order valence-corrected chi connectivity index (χ2v) is 5.75. The van der Waals surface area contributed by atoms with Gasteiger partial charge in [0.2, 0.25) is 5.91 Å². The maximum atomic E-state index is 14.0. The summed E-state index contributed by atoms with van der Waals surface area (Å²) < 4.78 is 14.0. The van der Waals surface area contributed by atoms with Gasteiger partial charge in [0.1, 0.15) is 5.82 Å². The van der Waals surface area contributed by atoms with Crippen molar-refractivity contribution in [3.63, 3.8) is 0 Å². The number of hydrogen-bond donors (Lipinski definition) is 2. The van der Waals surface area contributed by atoms with Gasteiger partial charge in [0.25, 0.3) is 0 Å². The van der Waals surface area contributed by atoms with E-state index < -0.39 is 5.41 Å². The van der Waals surface area contributed by atoms with E-state index in [1.54, 1.807) is 6.20 Å². The van der Waals surface area contributed by atoms with Gasteiger partial charge in [0.15, 0.2) is 0 Å². The molecule has 2 aromatic rings. The molecule has 0 aliphatic rings. The normalized spacial score (nSPS) is 11.8. The highest BCUT2D eigenvalue weighted by atomic mass is 19.1. The molecule has 1 heterocycles. The van der Waals surface area contributed by atoms with Gasteiger partial charge in [0, 0.05) is 22.9 Å². The van der Waals surface area contributed by atoms with Crippen molar-refractivity contribution < 1.29 is 9.18 Å². The van der Waals surface area contributed by atoms with Crippen LogP contribution in [0.1, 0.15) is 31.9 Å². The zero-order valence-corrected chi connectivity index (χ0v) is 11.6. The molecule has 0 saturated heterocycles. The van der Waals surface area contributed by atoms with Crippen molar-refractivity contribution >= 4 is 16.8 Å². The Morgan fingerprint density at radius 1 is 1.47 bits per heavy atom. The van der Waals surface area contributed by atoms with Gasteiger partial charge < -0.3 is 5.32 Å². The van der Waals surface area contributed by atoms with Gasteiger partial charge >= 0.3 is 0 Å². The van der Waals surface area contributed by atoms with E-state index in [0.29, 0.717) is 11.1 Å². The standard InChI is InChI=1S/C14H18FN3O/c1-8-5-11(15)10(12-9(8)7-17-18-12)6-16-13(19)14(2,3)4/h5,7H,6H2,1-4H3,(H,16,19)(H,17,18). The summed E-state index contributed by atoms with van der Waals surface area (Å²) in [6, 6.07) is 1.47. The molecule has 1 aromatic heterocycles. The summed E-state index contributed by atoms with van der Waals surface area (Å²) in [6.45, 7) is 7.44. The molecule has 1 aromatic carbocycles. The Labute approximate surface area is 111 Å². The molecule has 0 atom stereocenters. The summed E-state index contributed by atoms with van der Waals surface area (Å²) in [5.41, 5.74) is 1.42. The van der Waals surface area contributed by atoms with Crippen LogP contribution in [0.25, 0.3) is 10.9 Å². The van der Waals surface area contributed by atoms with Gasteiger partial charge in [-0.15, -0.1) is 0 Å². The van der Waals surface area contributed by atoms with E-state index in [0.717, 1.165) is 10.9 Å². The van der Waals surface area contributed by atoms with Crippen molar-refractivity contribution in [3.05, 3.63) is 29.2 Å². The van der Waals surface area contributed by atoms with E-state index in [2.05, 4.69) is 15.5 Å². The first-order chi connectivity index (χ1) is 8.80. The van der Waals surface area contributed by atoms with E-state index in [1.165, 1.54) is 6.07 Å². The zero-order chi connectivity index (χ0) is 14.2. The predicted molar refractivity (Wildman–Crippen MR) is 72.1 cm³/mol. The van der Waals surface area contributed by atoms with Crippen molar-refractivity contribution in [1.82, 2.24) is 15.5 Å². The van der Waals surface area contributed by atoms with Crippen molar-refractivity contribution in [2.75, 3.05) is 0 Å². The molecule has 19 heavy (non-hydrogen) atoms. The first-order valence-electron chi connectivity index (χ1n) is 6.20. The second kappa shape index (κ2) is 4.64. The Hall–Kier alpha value is -1.91. The number of carbonyl (C=O) groups excluding carboxylic acids is 1. The summed E-state index contributed by atoms with van der Waals surface area (Å²) >= 11 is 0. The van der Waals surface area contributed by atoms with Crippen LogP contribution in [0.4, 0.5) is 4.39 Å². The molecule has 0 fully saturated rings. The van der Waals surface area contributed by atoms with E-state index in [1.807, 2.05) is 27.7 Å². The zero-order valence-electron chi connectivity index (χ0n) is 11.6. The number of carbonyl (C=O) groups is 1. The third kappa shape index (κ3) is 2.59. The topological polar surface area (TPSA) is 57.8 Å². The van der Waals surface area contributed by atoms with Crippen LogP contribution in [0.3, 0.4) is 0 Å². The molecule has 1 amide bonds. The number of hydrogen-bond acceptors (Lipinski definition) is 2. The van der Waals surface area contributed by atoms with Crippen LogP contribution < -0.4 is 5.32 Å². The molecule has 4 nitrogen and oxygen atoms in total. The molecule has 0 radical (unpaired) electrons. The molecular formula is C14H18FN3O. The molecule has 0 aliphatic heterocycles. The number of halogens is 1. The van der Waals surface area contributed by atoms with Crippen LogP contribution in [0.15, 0.2) is 12.3 Å². The number of nitrogens with zero attached hydrogens (tertiary/aromatic N) is 1. The van der Waals surface area contributed by atoms with E-state index >= 15 is 0 Å². The molecule has 0 aliphatic carbocycles. The van der Waals surface area contributed by atoms with Crippen LogP contribution in [-0.4, -0.2) is 16.1 Å². The molecular weight excluding hydrogens is 245 g/mol. The van der Waals surface area contributed by atoms with Crippen LogP contribution in [0, 0.1) is 18.2 Å². The fourth-order valence-corrected chi connectivity index (χ4v) is 1.90. The van der Waals surface area contributed by atoms with Gasteiger partial charge in [0.05, 0.1) is 11.7 Å². The van der Waals surface area contributed by atoms with E-state index in [-0.39, 0.29) is 18.3 Å². The van der Waals surface area contributed by atoms with Crippen molar-refractivity contribution in [2.45, 2.75) is 34.2 Å². The summed E-state index contributed by atoms with van der Waals surface area (Å²) in [6.07, 6.45) is 1.67. The molecule has 0 saturated carbocycles. The molecule has 2 rings (SSSR count). The van der Waals surface area contributed by atoms with Crippen LogP contribution in [0.2, 0.25) is 0 Å².